The van der Waals surface area contributed by atoms with Gasteiger partial charge in [-0.1, -0.05) is 24.6 Å². The molecule has 1 aromatic carbocycles. The number of sulfonamides is 1. The van der Waals surface area contributed by atoms with Crippen molar-refractivity contribution < 1.29 is 17.5 Å². The lowest BCUT2D eigenvalue weighted by Crippen LogP contribution is -2.49. The van der Waals surface area contributed by atoms with E-state index in [-0.39, 0.29) is 36.4 Å². The molecule has 8 nitrogen and oxygen atoms in total. The highest BCUT2D eigenvalue weighted by atomic mass is 35.5. The highest BCUT2D eigenvalue weighted by molar-refractivity contribution is 7.89. The molecule has 2 aromatic rings. The summed E-state index contributed by atoms with van der Waals surface area (Å²) in [6.45, 7) is 3.14. The molecule has 0 amide bonds. The molecule has 11 heteroatoms. The third-order valence-electron chi connectivity index (χ3n) is 6.14. The average molecular weight is 499 g/mol. The minimum absolute atomic E-state index is 0.00898. The van der Waals surface area contributed by atoms with E-state index in [2.05, 4.69) is 12.0 Å². The Hall–Kier alpha value is -2.17. The Balaban J connectivity index is 1.60. The minimum Gasteiger partial charge on any atom is -0.486 e. The van der Waals surface area contributed by atoms with Crippen LogP contribution in [0, 0.1) is 5.41 Å². The number of nitrogens with zero attached hydrogens (tertiary/aromatic N) is 4. The summed E-state index contributed by atoms with van der Waals surface area (Å²) >= 11 is 6.09. The summed E-state index contributed by atoms with van der Waals surface area (Å²) in [5.41, 5.74) is 0.752. The maximum Gasteiger partial charge on any atom is 0.316 e. The molecule has 2 heterocycles. The first kappa shape index (κ1) is 24.0. The van der Waals surface area contributed by atoms with Crippen LogP contribution in [0.2, 0.25) is 5.02 Å². The molecule has 1 aliphatic carbocycles. The van der Waals surface area contributed by atoms with Crippen LogP contribution in [0.1, 0.15) is 26.2 Å². The standard InChI is InChI=1S/C22H28ClFN4O4S/c1-22(6-7-22)16-32-20-19(15-25-28(21(20)29)18-5-2-4-17(23)14-18)26-9-11-27(12-10-26)33(30,31)13-3-8-24/h2,4-5,14-15H,3,6-13,16H2,1H3. The maximum absolute atomic E-state index is 13.4. The van der Waals surface area contributed by atoms with Crippen LogP contribution >= 0.6 is 11.6 Å². The van der Waals surface area contributed by atoms with Crippen molar-refractivity contribution >= 4 is 27.3 Å². The molecule has 2 aliphatic rings. The van der Waals surface area contributed by atoms with E-state index in [4.69, 9.17) is 16.3 Å². The number of halogens is 2. The van der Waals surface area contributed by atoms with Gasteiger partial charge in [-0.3, -0.25) is 9.18 Å². The van der Waals surface area contributed by atoms with E-state index in [1.165, 1.54) is 8.99 Å². The smallest absolute Gasteiger partial charge is 0.316 e. The first-order valence-electron chi connectivity index (χ1n) is 11.0. The normalized spacial score (nSPS) is 18.3. The van der Waals surface area contributed by atoms with Crippen molar-refractivity contribution in [3.63, 3.8) is 0 Å². The topological polar surface area (TPSA) is 84.7 Å². The summed E-state index contributed by atoms with van der Waals surface area (Å²) in [6, 6.07) is 6.86. The Bertz CT molecular complexity index is 1160. The first-order chi connectivity index (χ1) is 15.7. The van der Waals surface area contributed by atoms with Crippen LogP contribution in [-0.2, 0) is 10.0 Å². The number of ether oxygens (including phenoxy) is 1. The second-order valence-electron chi connectivity index (χ2n) is 8.90. The molecule has 0 unspecified atom stereocenters. The molecular weight excluding hydrogens is 471 g/mol. The number of benzene rings is 1. The van der Waals surface area contributed by atoms with Gasteiger partial charge in [-0.2, -0.15) is 14.1 Å². The van der Waals surface area contributed by atoms with Gasteiger partial charge in [0.2, 0.25) is 15.8 Å². The van der Waals surface area contributed by atoms with Crippen molar-refractivity contribution in [1.82, 2.24) is 14.1 Å². The zero-order valence-corrected chi connectivity index (χ0v) is 20.1. The predicted octanol–water partition coefficient (Wildman–Crippen LogP) is 2.88. The van der Waals surface area contributed by atoms with Crippen molar-refractivity contribution in [3.05, 3.63) is 45.8 Å². The highest BCUT2D eigenvalue weighted by Crippen LogP contribution is 2.45. The number of anilines is 1. The van der Waals surface area contributed by atoms with E-state index in [1.54, 1.807) is 30.5 Å². The Morgan fingerprint density at radius 2 is 1.94 bits per heavy atom. The molecule has 4 rings (SSSR count). The second-order valence-corrected chi connectivity index (χ2v) is 11.4. The SMILES string of the molecule is CC1(COc2c(N3CCN(S(=O)(=O)CCCF)CC3)cnn(-c3cccc(Cl)c3)c2=O)CC1. The summed E-state index contributed by atoms with van der Waals surface area (Å²) in [5, 5.41) is 4.83. The second kappa shape index (κ2) is 9.60. The van der Waals surface area contributed by atoms with E-state index < -0.39 is 22.3 Å². The van der Waals surface area contributed by atoms with Gasteiger partial charge in [-0.15, -0.1) is 0 Å². The zero-order valence-electron chi connectivity index (χ0n) is 18.5. The number of hydrogen-bond acceptors (Lipinski definition) is 6. The lowest BCUT2D eigenvalue weighted by molar-refractivity contribution is 0.242. The molecule has 0 spiro atoms. The lowest BCUT2D eigenvalue weighted by Gasteiger charge is -2.35. The summed E-state index contributed by atoms with van der Waals surface area (Å²) < 4.78 is 45.9. The predicted molar refractivity (Wildman–Crippen MR) is 126 cm³/mol. The average Bonchev–Trinajstić information content (AvgIpc) is 3.54. The van der Waals surface area contributed by atoms with Crippen LogP contribution in [0.15, 0.2) is 35.3 Å². The third kappa shape index (κ3) is 5.50. The first-order valence-corrected chi connectivity index (χ1v) is 13.0. The van der Waals surface area contributed by atoms with Crippen LogP contribution in [-0.4, -0.2) is 67.7 Å². The molecular formula is C22H28ClFN4O4S. The summed E-state index contributed by atoms with van der Waals surface area (Å²) in [4.78, 5) is 15.3. The molecule has 1 saturated heterocycles. The number of rotatable bonds is 9. The van der Waals surface area contributed by atoms with Crippen molar-refractivity contribution in [1.29, 1.82) is 0 Å². The van der Waals surface area contributed by atoms with Gasteiger partial charge in [-0.05, 0) is 37.5 Å². The van der Waals surface area contributed by atoms with Gasteiger partial charge in [-0.25, -0.2) is 8.42 Å². The molecule has 0 N–H and O–H groups in total. The van der Waals surface area contributed by atoms with Crippen LogP contribution in [0.25, 0.3) is 5.69 Å². The number of piperazine rings is 1. The third-order valence-corrected chi connectivity index (χ3v) is 8.34. The molecule has 33 heavy (non-hydrogen) atoms. The van der Waals surface area contributed by atoms with Crippen LogP contribution in [0.5, 0.6) is 5.75 Å². The lowest BCUT2D eigenvalue weighted by atomic mass is 10.2. The summed E-state index contributed by atoms with van der Waals surface area (Å²) in [5.74, 6) is 0.0000603. The van der Waals surface area contributed by atoms with Gasteiger partial charge < -0.3 is 9.64 Å². The van der Waals surface area contributed by atoms with E-state index in [1.807, 2.05) is 4.90 Å². The fraction of sp³-hybridized carbons (Fsp3) is 0.545. The van der Waals surface area contributed by atoms with Gasteiger partial charge >= 0.3 is 5.56 Å². The molecule has 1 aromatic heterocycles. The van der Waals surface area contributed by atoms with Gasteiger partial charge in [0.15, 0.2) is 0 Å². The van der Waals surface area contributed by atoms with Crippen molar-refractivity contribution in [2.45, 2.75) is 26.2 Å². The van der Waals surface area contributed by atoms with Gasteiger partial charge in [0.05, 0.1) is 30.9 Å². The summed E-state index contributed by atoms with van der Waals surface area (Å²) in [6.07, 6.45) is 3.67. The van der Waals surface area contributed by atoms with E-state index in [9.17, 15) is 17.6 Å². The highest BCUT2D eigenvalue weighted by Gasteiger charge is 2.39. The molecule has 0 radical (unpaired) electrons. The molecule has 1 aliphatic heterocycles. The Morgan fingerprint density at radius 3 is 2.58 bits per heavy atom. The number of alkyl halides is 1. The Kier molecular flexibility index (Phi) is 6.97. The monoisotopic (exact) mass is 498 g/mol. The quantitative estimate of drug-likeness (QED) is 0.528. The van der Waals surface area contributed by atoms with Crippen LogP contribution < -0.4 is 15.2 Å². The molecule has 0 atom stereocenters. The van der Waals surface area contributed by atoms with Crippen molar-refractivity contribution in [2.24, 2.45) is 5.41 Å². The minimum atomic E-state index is -3.50. The molecule has 0 bridgehead atoms. The van der Waals surface area contributed by atoms with Gasteiger partial charge in [0.25, 0.3) is 0 Å². The largest absolute Gasteiger partial charge is 0.486 e. The molecule has 2 fully saturated rings. The zero-order chi connectivity index (χ0) is 23.6. The molecule has 180 valence electrons. The van der Waals surface area contributed by atoms with Crippen molar-refractivity contribution in [2.75, 3.05) is 50.1 Å². The number of hydrogen-bond donors (Lipinski definition) is 0. The van der Waals surface area contributed by atoms with Crippen LogP contribution in [0.3, 0.4) is 0 Å². The van der Waals surface area contributed by atoms with E-state index in [0.717, 1.165) is 12.8 Å². The van der Waals surface area contributed by atoms with Crippen molar-refractivity contribution in [3.8, 4) is 11.4 Å². The van der Waals surface area contributed by atoms with Gasteiger partial charge in [0.1, 0.15) is 5.69 Å². The molecule has 1 saturated carbocycles. The van der Waals surface area contributed by atoms with E-state index >= 15 is 0 Å². The van der Waals surface area contributed by atoms with E-state index in [0.29, 0.717) is 36.1 Å². The number of aromatic nitrogens is 2. The van der Waals surface area contributed by atoms with Gasteiger partial charge in [0, 0.05) is 36.6 Å². The summed E-state index contributed by atoms with van der Waals surface area (Å²) in [7, 11) is -3.50. The van der Waals surface area contributed by atoms with Crippen LogP contribution in [0.4, 0.5) is 10.1 Å². The fourth-order valence-corrected chi connectivity index (χ4v) is 5.40. The maximum atomic E-state index is 13.4. The fourth-order valence-electron chi connectivity index (χ4n) is 3.76. The Labute approximate surface area is 197 Å². The Morgan fingerprint density at radius 1 is 1.21 bits per heavy atom.